The van der Waals surface area contributed by atoms with Crippen LogP contribution in [0.25, 0.3) is 5.82 Å². The SMILES string of the molecule is NC1=CCn2c(=O)[nH]c(=O)n21. The van der Waals surface area contributed by atoms with E-state index in [0.717, 1.165) is 4.68 Å². The lowest BCUT2D eigenvalue weighted by molar-refractivity contribution is 0.627. The average molecular weight is 154 g/mol. The Morgan fingerprint density at radius 1 is 1.45 bits per heavy atom. The van der Waals surface area contributed by atoms with Gasteiger partial charge >= 0.3 is 11.4 Å². The second-order valence-corrected chi connectivity index (χ2v) is 2.26. The van der Waals surface area contributed by atoms with E-state index < -0.39 is 11.4 Å². The molecule has 0 fully saturated rings. The third-order valence-corrected chi connectivity index (χ3v) is 1.60. The van der Waals surface area contributed by atoms with Crippen LogP contribution in [-0.2, 0) is 6.54 Å². The first-order chi connectivity index (χ1) is 5.20. The van der Waals surface area contributed by atoms with Crippen LogP contribution in [-0.4, -0.2) is 14.3 Å². The van der Waals surface area contributed by atoms with E-state index in [0.29, 0.717) is 12.4 Å². The van der Waals surface area contributed by atoms with Crippen molar-refractivity contribution in [3.63, 3.8) is 0 Å². The number of aromatic amines is 1. The van der Waals surface area contributed by atoms with Gasteiger partial charge in [0.1, 0.15) is 5.82 Å². The third kappa shape index (κ3) is 0.603. The molecule has 0 aromatic carbocycles. The van der Waals surface area contributed by atoms with Crippen LogP contribution < -0.4 is 17.1 Å². The summed E-state index contributed by atoms with van der Waals surface area (Å²) in [5, 5.41) is 0. The van der Waals surface area contributed by atoms with Crippen molar-refractivity contribution < 1.29 is 0 Å². The van der Waals surface area contributed by atoms with Crippen molar-refractivity contribution in [3.05, 3.63) is 27.0 Å². The second-order valence-electron chi connectivity index (χ2n) is 2.26. The number of allylic oxidation sites excluding steroid dienone is 1. The Morgan fingerprint density at radius 2 is 2.18 bits per heavy atom. The first-order valence-corrected chi connectivity index (χ1v) is 3.08. The fraction of sp³-hybridized carbons (Fsp3) is 0.200. The third-order valence-electron chi connectivity index (χ3n) is 1.60. The number of hydrogen-bond acceptors (Lipinski definition) is 3. The first kappa shape index (κ1) is 6.02. The van der Waals surface area contributed by atoms with Crippen molar-refractivity contribution in [2.75, 3.05) is 0 Å². The molecule has 1 aromatic rings. The molecule has 0 atom stereocenters. The van der Waals surface area contributed by atoms with Gasteiger partial charge in [-0.05, 0) is 6.08 Å². The van der Waals surface area contributed by atoms with E-state index in [-0.39, 0.29) is 0 Å². The van der Waals surface area contributed by atoms with Gasteiger partial charge in [-0.2, -0.15) is 4.68 Å². The van der Waals surface area contributed by atoms with Gasteiger partial charge in [0.25, 0.3) is 0 Å². The smallest absolute Gasteiger partial charge is 0.350 e. The Kier molecular flexibility index (Phi) is 0.906. The number of fused-ring (bicyclic) bond motifs is 1. The van der Waals surface area contributed by atoms with Crippen LogP contribution in [0.3, 0.4) is 0 Å². The number of rotatable bonds is 0. The summed E-state index contributed by atoms with van der Waals surface area (Å²) in [7, 11) is 0. The Balaban J connectivity index is 2.89. The molecule has 0 radical (unpaired) electrons. The number of nitrogens with zero attached hydrogens (tertiary/aromatic N) is 2. The second kappa shape index (κ2) is 1.66. The molecule has 6 nitrogen and oxygen atoms in total. The van der Waals surface area contributed by atoms with E-state index in [4.69, 9.17) is 5.73 Å². The molecule has 0 saturated carbocycles. The number of H-pyrrole nitrogens is 1. The van der Waals surface area contributed by atoms with E-state index in [9.17, 15) is 9.59 Å². The molecule has 0 amide bonds. The molecule has 3 N–H and O–H groups in total. The van der Waals surface area contributed by atoms with Crippen LogP contribution in [0.5, 0.6) is 0 Å². The monoisotopic (exact) mass is 154 g/mol. The van der Waals surface area contributed by atoms with Crippen molar-refractivity contribution >= 4 is 5.82 Å². The average Bonchev–Trinajstić information content (AvgIpc) is 2.41. The van der Waals surface area contributed by atoms with Gasteiger partial charge in [-0.3, -0.25) is 4.98 Å². The van der Waals surface area contributed by atoms with Crippen LogP contribution in [0, 0.1) is 0 Å². The van der Waals surface area contributed by atoms with Gasteiger partial charge in [0, 0.05) is 0 Å². The molecule has 0 saturated heterocycles. The highest BCUT2D eigenvalue weighted by molar-refractivity contribution is 5.40. The predicted octanol–water partition coefficient (Wildman–Crippen LogP) is -1.89. The van der Waals surface area contributed by atoms with Gasteiger partial charge in [-0.15, -0.1) is 0 Å². The van der Waals surface area contributed by atoms with E-state index in [2.05, 4.69) is 4.98 Å². The number of aromatic nitrogens is 3. The topological polar surface area (TPSA) is 85.8 Å². The quantitative estimate of drug-likeness (QED) is 0.458. The van der Waals surface area contributed by atoms with E-state index in [1.807, 2.05) is 0 Å². The van der Waals surface area contributed by atoms with E-state index >= 15 is 0 Å². The summed E-state index contributed by atoms with van der Waals surface area (Å²) in [6.07, 6.45) is 1.61. The molecule has 0 bridgehead atoms. The highest BCUT2D eigenvalue weighted by Crippen LogP contribution is 1.98. The van der Waals surface area contributed by atoms with Gasteiger partial charge in [0.05, 0.1) is 6.54 Å². The normalized spacial score (nSPS) is 14.7. The van der Waals surface area contributed by atoms with Gasteiger partial charge in [0.15, 0.2) is 0 Å². The summed E-state index contributed by atoms with van der Waals surface area (Å²) in [5.74, 6) is 0.299. The first-order valence-electron chi connectivity index (χ1n) is 3.08. The van der Waals surface area contributed by atoms with Crippen molar-refractivity contribution in [1.29, 1.82) is 0 Å². The van der Waals surface area contributed by atoms with Crippen molar-refractivity contribution in [2.24, 2.45) is 5.73 Å². The van der Waals surface area contributed by atoms with Crippen LogP contribution in [0.1, 0.15) is 0 Å². The molecule has 0 aliphatic carbocycles. The molecular weight excluding hydrogens is 148 g/mol. The summed E-state index contributed by atoms with van der Waals surface area (Å²) in [6, 6.07) is 0. The van der Waals surface area contributed by atoms with Crippen LogP contribution >= 0.6 is 0 Å². The van der Waals surface area contributed by atoms with Crippen LogP contribution in [0.4, 0.5) is 0 Å². The van der Waals surface area contributed by atoms with Crippen molar-refractivity contribution in [1.82, 2.24) is 14.3 Å². The van der Waals surface area contributed by atoms with Gasteiger partial charge in [-0.1, -0.05) is 0 Å². The van der Waals surface area contributed by atoms with E-state index in [1.165, 1.54) is 4.68 Å². The highest BCUT2D eigenvalue weighted by atomic mass is 16.2. The number of hydrogen-bond donors (Lipinski definition) is 2. The molecule has 1 aliphatic rings. The molecule has 58 valence electrons. The van der Waals surface area contributed by atoms with Crippen molar-refractivity contribution in [3.8, 4) is 0 Å². The lowest BCUT2D eigenvalue weighted by Crippen LogP contribution is -2.23. The summed E-state index contributed by atoms with van der Waals surface area (Å²) in [4.78, 5) is 23.9. The zero-order valence-corrected chi connectivity index (χ0v) is 5.57. The summed E-state index contributed by atoms with van der Waals surface area (Å²) < 4.78 is 2.35. The number of nitrogens with two attached hydrogens (primary N) is 1. The molecule has 1 aromatic heterocycles. The molecule has 6 heteroatoms. The molecule has 1 aliphatic heterocycles. The molecule has 0 spiro atoms. The Hall–Kier alpha value is -1.72. The zero-order valence-electron chi connectivity index (χ0n) is 5.57. The summed E-state index contributed by atoms with van der Waals surface area (Å²) in [5.41, 5.74) is 4.50. The predicted molar refractivity (Wildman–Crippen MR) is 37.8 cm³/mol. The van der Waals surface area contributed by atoms with Crippen molar-refractivity contribution in [2.45, 2.75) is 6.54 Å². The maximum atomic E-state index is 10.9. The molecule has 2 rings (SSSR count). The molecular formula is C5H6N4O2. The fourth-order valence-corrected chi connectivity index (χ4v) is 1.10. The lowest BCUT2D eigenvalue weighted by Gasteiger charge is -1.95. The lowest BCUT2D eigenvalue weighted by atomic mass is 10.6. The van der Waals surface area contributed by atoms with Crippen LogP contribution in [0.2, 0.25) is 0 Å². The zero-order chi connectivity index (χ0) is 8.01. The Morgan fingerprint density at radius 3 is 2.82 bits per heavy atom. The largest absolute Gasteiger partial charge is 0.384 e. The molecule has 11 heavy (non-hydrogen) atoms. The standard InChI is InChI=1S/C5H6N4O2/c6-3-1-2-8-4(10)7-5(11)9(3)8/h1H,2,6H2,(H,7,10,11). The Labute approximate surface area is 60.5 Å². The summed E-state index contributed by atoms with van der Waals surface area (Å²) in [6.45, 7) is 0.364. The van der Waals surface area contributed by atoms with Gasteiger partial charge in [0.2, 0.25) is 0 Å². The maximum Gasteiger partial charge on any atom is 0.350 e. The minimum atomic E-state index is -0.485. The fourth-order valence-electron chi connectivity index (χ4n) is 1.10. The van der Waals surface area contributed by atoms with E-state index in [1.54, 1.807) is 6.08 Å². The van der Waals surface area contributed by atoms with Gasteiger partial charge in [-0.25, -0.2) is 14.3 Å². The van der Waals surface area contributed by atoms with Gasteiger partial charge < -0.3 is 5.73 Å². The minimum absolute atomic E-state index is 0.299. The highest BCUT2D eigenvalue weighted by Gasteiger charge is 2.14. The van der Waals surface area contributed by atoms with Crippen LogP contribution in [0.15, 0.2) is 15.7 Å². The number of nitrogens with one attached hydrogen (secondary N) is 1. The molecule has 0 unspecified atom stereocenters. The Bertz CT molecular complexity index is 432. The molecule has 2 heterocycles. The minimum Gasteiger partial charge on any atom is -0.384 e. The maximum absolute atomic E-state index is 10.9. The summed E-state index contributed by atoms with van der Waals surface area (Å²) >= 11 is 0.